The molecule has 0 radical (unpaired) electrons. The number of methoxy groups -OCH3 is 1. The van der Waals surface area contributed by atoms with E-state index in [1.807, 2.05) is 31.3 Å². The number of carbonyl (C=O) groups excluding carboxylic acids is 1. The fourth-order valence-corrected chi connectivity index (χ4v) is 3.34. The van der Waals surface area contributed by atoms with Crippen LogP contribution in [0.2, 0.25) is 0 Å². The largest absolute Gasteiger partial charge is 0.684 e. The van der Waals surface area contributed by atoms with E-state index >= 15 is 0 Å². The summed E-state index contributed by atoms with van der Waals surface area (Å²) >= 11 is 0. The summed E-state index contributed by atoms with van der Waals surface area (Å²) in [6.07, 6.45) is 4.50. The van der Waals surface area contributed by atoms with Gasteiger partial charge < -0.3 is 25.2 Å². The molecule has 156 valence electrons. The molecule has 1 aliphatic heterocycles. The number of nitrogens with one attached hydrogen (secondary N) is 1. The summed E-state index contributed by atoms with van der Waals surface area (Å²) in [7, 11) is 7.03. The van der Waals surface area contributed by atoms with Crippen molar-refractivity contribution < 1.29 is 30.6 Å². The van der Waals surface area contributed by atoms with Crippen molar-refractivity contribution in [2.75, 3.05) is 56.5 Å². The van der Waals surface area contributed by atoms with Gasteiger partial charge in [-0.05, 0) is 18.1 Å². The Labute approximate surface area is 186 Å². The van der Waals surface area contributed by atoms with Crippen molar-refractivity contribution in [3.05, 3.63) is 35.4 Å². The molecule has 9 heteroatoms. The van der Waals surface area contributed by atoms with Crippen molar-refractivity contribution in [3.63, 3.8) is 0 Å². The van der Waals surface area contributed by atoms with Gasteiger partial charge in [-0.1, -0.05) is 12.6 Å². The molecule has 1 N–H and O–H groups in total. The summed E-state index contributed by atoms with van der Waals surface area (Å²) in [6, 6.07) is 4.07. The van der Waals surface area contributed by atoms with E-state index < -0.39 is 0 Å². The maximum absolute atomic E-state index is 11.6. The van der Waals surface area contributed by atoms with Crippen LogP contribution in [0, 0.1) is 5.92 Å². The first-order valence-corrected chi connectivity index (χ1v) is 9.35. The predicted octanol–water partition coefficient (Wildman–Crippen LogP) is 3.09. The molecule has 0 atom stereocenters. The van der Waals surface area contributed by atoms with Crippen LogP contribution in [0.5, 0.6) is 0 Å². The zero-order valence-corrected chi connectivity index (χ0v) is 20.4. The summed E-state index contributed by atoms with van der Waals surface area (Å²) < 4.78 is 4.81. The van der Waals surface area contributed by atoms with Gasteiger partial charge in [-0.15, -0.1) is 7.05 Å². The van der Waals surface area contributed by atoms with Crippen molar-refractivity contribution in [1.82, 2.24) is 9.97 Å². The second-order valence-corrected chi connectivity index (χ2v) is 6.74. The molecule has 0 amide bonds. The minimum Gasteiger partial charge on any atom is -0.684 e. The second kappa shape index (κ2) is 9.92. The van der Waals surface area contributed by atoms with Gasteiger partial charge in [0.1, 0.15) is 11.6 Å². The molecule has 0 aliphatic carbocycles. The molecule has 0 bridgehead atoms. The van der Waals surface area contributed by atoms with Crippen LogP contribution in [-0.2, 0) is 37.0 Å². The Kier molecular flexibility index (Phi) is 7.85. The van der Waals surface area contributed by atoms with Gasteiger partial charge in [-0.25, -0.2) is 9.97 Å². The molecule has 8 nitrogen and oxygen atoms in total. The molecule has 2 aromatic rings. The molecule has 0 aromatic carbocycles. The Morgan fingerprint density at radius 3 is 2.66 bits per heavy atom. The van der Waals surface area contributed by atoms with Crippen LogP contribution in [0.15, 0.2) is 24.5 Å². The summed E-state index contributed by atoms with van der Waals surface area (Å²) in [6.45, 7) is 3.41. The summed E-state index contributed by atoms with van der Waals surface area (Å²) in [4.78, 5) is 24.9. The zero-order valence-electron chi connectivity index (χ0n) is 17.5. The van der Waals surface area contributed by atoms with E-state index in [0.29, 0.717) is 13.1 Å². The third-order valence-electron chi connectivity index (χ3n) is 5.16. The van der Waals surface area contributed by atoms with Gasteiger partial charge in [0.25, 0.3) is 0 Å². The van der Waals surface area contributed by atoms with Crippen LogP contribution in [0.4, 0.5) is 28.7 Å². The van der Waals surface area contributed by atoms with Crippen LogP contribution in [0.1, 0.15) is 12.5 Å². The van der Waals surface area contributed by atoms with Crippen molar-refractivity contribution in [2.24, 2.45) is 5.92 Å². The number of esters is 1. The number of nitrogens with zero attached hydrogens (tertiary/aromatic N) is 5. The quantitative estimate of drug-likeness (QED) is 0.515. The molecule has 0 spiro atoms. The number of aromatic nitrogens is 2. The smallest absolute Gasteiger partial charge is 0.312 e. The first-order valence-electron chi connectivity index (χ1n) is 9.35. The summed E-state index contributed by atoms with van der Waals surface area (Å²) in [5, 5.41) is 7.38. The fourth-order valence-electron chi connectivity index (χ4n) is 3.34. The van der Waals surface area contributed by atoms with Crippen molar-refractivity contribution in [2.45, 2.75) is 13.3 Å². The van der Waals surface area contributed by atoms with Crippen molar-refractivity contribution >= 4 is 34.7 Å². The minimum atomic E-state index is -0.156. The molecule has 2 aromatic heterocycles. The number of rotatable bonds is 7. The molecule has 1 fully saturated rings. The molecular weight excluding hydrogens is 540 g/mol. The number of ether oxygens (including phenoxy) is 1. The van der Waals surface area contributed by atoms with Crippen molar-refractivity contribution in [1.29, 1.82) is 0 Å². The molecule has 29 heavy (non-hydrogen) atoms. The van der Waals surface area contributed by atoms with E-state index in [1.54, 1.807) is 13.2 Å². The number of aryl methyl sites for hydroxylation is 1. The molecule has 1 aliphatic rings. The van der Waals surface area contributed by atoms with E-state index in [4.69, 9.17) is 4.74 Å². The second-order valence-electron chi connectivity index (χ2n) is 6.74. The molecule has 1 saturated heterocycles. The van der Waals surface area contributed by atoms with Crippen LogP contribution in [0.3, 0.4) is 0 Å². The van der Waals surface area contributed by atoms with Gasteiger partial charge in [0.2, 0.25) is 0 Å². The van der Waals surface area contributed by atoms with E-state index in [1.165, 1.54) is 12.7 Å². The number of anilines is 4. The fraction of sp³-hybridized carbons (Fsp3) is 0.450. The average Bonchev–Trinajstić information content (AvgIpc) is 2.71. The van der Waals surface area contributed by atoms with E-state index in [0.717, 1.165) is 35.1 Å². The van der Waals surface area contributed by atoms with E-state index in [2.05, 4.69) is 38.5 Å². The van der Waals surface area contributed by atoms with E-state index in [-0.39, 0.29) is 33.0 Å². The van der Waals surface area contributed by atoms with Gasteiger partial charge in [-0.2, -0.15) is 0 Å². The summed E-state index contributed by atoms with van der Waals surface area (Å²) in [5.74, 6) is 1.48. The standard InChI is InChI=1S/C20H27N6O2.W/c1-6-13-7-19(26-11-14(12-26)20(27)28-5)24-10-17(13)25(4)18-8-15(21-2)16(22-3)9-23-18;/h7-10,14H,6,11-12H2,1-5H3,(H,21,23);/q-1;. The first kappa shape index (κ1) is 22.9. The molecule has 3 heterocycles. The zero-order chi connectivity index (χ0) is 20.3. The van der Waals surface area contributed by atoms with Crippen LogP contribution >= 0.6 is 0 Å². The van der Waals surface area contributed by atoms with Crippen molar-refractivity contribution in [3.8, 4) is 0 Å². The third kappa shape index (κ3) is 4.64. The topological polar surface area (TPSA) is 84.7 Å². The first-order chi connectivity index (χ1) is 13.5. The predicted molar refractivity (Wildman–Crippen MR) is 112 cm³/mol. The van der Waals surface area contributed by atoms with Gasteiger partial charge in [0.05, 0.1) is 24.9 Å². The Hall–Kier alpha value is -2.34. The number of pyridine rings is 2. The van der Waals surface area contributed by atoms with Gasteiger partial charge >= 0.3 is 5.97 Å². The maximum Gasteiger partial charge on any atom is 0.312 e. The Balaban J connectivity index is 0.00000300. The van der Waals surface area contributed by atoms with Crippen LogP contribution in [0.25, 0.3) is 5.32 Å². The Bertz CT molecular complexity index is 857. The number of carbonyl (C=O) groups is 1. The SMILES string of the molecule is CCc1cc(N2CC(C(=O)OC)C2)ncc1N(C)c1cc(NC)c([N-]C)cn1.[W]. The molecule has 0 unspecified atom stereocenters. The van der Waals surface area contributed by atoms with E-state index in [9.17, 15) is 4.79 Å². The normalized spacial score (nSPS) is 13.2. The number of hydrogen-bond acceptors (Lipinski definition) is 7. The molecular formula is C20H27N6O2W-. The average molecular weight is 567 g/mol. The van der Waals surface area contributed by atoms with Crippen LogP contribution in [-0.4, -0.2) is 57.3 Å². The van der Waals surface area contributed by atoms with Gasteiger partial charge in [0.15, 0.2) is 0 Å². The Morgan fingerprint density at radius 2 is 2.07 bits per heavy atom. The monoisotopic (exact) mass is 567 g/mol. The van der Waals surface area contributed by atoms with Gasteiger partial charge in [0, 0.05) is 66.2 Å². The van der Waals surface area contributed by atoms with Crippen LogP contribution < -0.4 is 15.1 Å². The summed E-state index contributed by atoms with van der Waals surface area (Å²) in [5.41, 5.74) is 3.93. The molecule has 3 rings (SSSR count). The minimum absolute atomic E-state index is 0. The molecule has 0 saturated carbocycles. The third-order valence-corrected chi connectivity index (χ3v) is 5.16. The maximum atomic E-state index is 11.6. The van der Waals surface area contributed by atoms with Gasteiger partial charge in [-0.3, -0.25) is 4.79 Å². The Morgan fingerprint density at radius 1 is 1.34 bits per heavy atom. The number of hydrogen-bond donors (Lipinski definition) is 1.